The third-order valence-corrected chi connectivity index (χ3v) is 5.49. The number of ketones is 1. The molecule has 0 spiro atoms. The first kappa shape index (κ1) is 22.8. The number of carbonyl (C=O) groups excluding carboxylic acids is 3. The molecule has 1 amide bonds. The van der Waals surface area contributed by atoms with Crippen molar-refractivity contribution in [2.24, 2.45) is 0 Å². The number of benzene rings is 3. The molecule has 0 saturated carbocycles. The molecule has 1 unspecified atom stereocenters. The second-order valence-corrected chi connectivity index (χ2v) is 7.76. The zero-order valence-corrected chi connectivity index (χ0v) is 18.6. The van der Waals surface area contributed by atoms with Gasteiger partial charge in [-0.1, -0.05) is 60.7 Å². The number of hydrogen-bond donors (Lipinski definition) is 2. The Hall–Kier alpha value is -4.39. The second-order valence-electron chi connectivity index (χ2n) is 7.76. The Morgan fingerprint density at radius 3 is 2.44 bits per heavy atom. The fourth-order valence-corrected chi connectivity index (χ4v) is 3.76. The Morgan fingerprint density at radius 1 is 0.912 bits per heavy atom. The van der Waals surface area contributed by atoms with E-state index in [1.807, 2.05) is 60.8 Å². The van der Waals surface area contributed by atoms with Gasteiger partial charge in [0.25, 0.3) is 0 Å². The zero-order valence-electron chi connectivity index (χ0n) is 18.6. The summed E-state index contributed by atoms with van der Waals surface area (Å²) in [6.07, 6.45) is 1.37. The summed E-state index contributed by atoms with van der Waals surface area (Å²) in [5.41, 5.74) is 3.19. The quantitative estimate of drug-likeness (QED) is 0.297. The van der Waals surface area contributed by atoms with Gasteiger partial charge in [-0.2, -0.15) is 0 Å². The Kier molecular flexibility index (Phi) is 7.03. The molecule has 4 rings (SSSR count). The average molecular weight is 456 g/mol. The number of fused-ring (bicyclic) bond motifs is 1. The van der Waals surface area contributed by atoms with Crippen molar-refractivity contribution in [3.63, 3.8) is 0 Å². The van der Waals surface area contributed by atoms with Gasteiger partial charge in [0, 0.05) is 29.1 Å². The van der Waals surface area contributed by atoms with Crippen LogP contribution in [0.15, 0.2) is 85.1 Å². The number of H-pyrrole nitrogens is 1. The van der Waals surface area contributed by atoms with Crippen molar-refractivity contribution in [2.75, 3.05) is 7.11 Å². The SMILES string of the molecule is COC(=O)c1cccc(C(=O)C(Cc2c[nH]c3ccccc23)NC(=O)OCc2ccccc2)c1. The number of amides is 1. The molecule has 0 fully saturated rings. The minimum absolute atomic E-state index is 0.0818. The van der Waals surface area contributed by atoms with Crippen LogP contribution in [-0.2, 0) is 22.5 Å². The Morgan fingerprint density at radius 2 is 1.65 bits per heavy atom. The van der Waals surface area contributed by atoms with Crippen molar-refractivity contribution >= 4 is 28.7 Å². The summed E-state index contributed by atoms with van der Waals surface area (Å²) in [6, 6.07) is 22.3. The van der Waals surface area contributed by atoms with E-state index < -0.39 is 18.1 Å². The fraction of sp³-hybridized carbons (Fsp3) is 0.148. The lowest BCUT2D eigenvalue weighted by molar-refractivity contribution is 0.0600. The van der Waals surface area contributed by atoms with Crippen LogP contribution in [-0.4, -0.2) is 36.0 Å². The van der Waals surface area contributed by atoms with Crippen molar-refractivity contribution in [3.05, 3.63) is 107 Å². The van der Waals surface area contributed by atoms with Gasteiger partial charge in [-0.15, -0.1) is 0 Å². The molecule has 172 valence electrons. The van der Waals surface area contributed by atoms with E-state index in [0.29, 0.717) is 0 Å². The predicted octanol–water partition coefficient (Wildman–Crippen LogP) is 4.67. The van der Waals surface area contributed by atoms with Crippen LogP contribution in [0.25, 0.3) is 10.9 Å². The Bertz CT molecular complexity index is 1310. The van der Waals surface area contributed by atoms with Gasteiger partial charge < -0.3 is 19.8 Å². The van der Waals surface area contributed by atoms with E-state index in [1.54, 1.807) is 18.2 Å². The molecule has 0 aliphatic heterocycles. The minimum Gasteiger partial charge on any atom is -0.465 e. The van der Waals surface area contributed by atoms with Gasteiger partial charge in [0.05, 0.1) is 18.7 Å². The lowest BCUT2D eigenvalue weighted by Gasteiger charge is -2.18. The third kappa shape index (κ3) is 5.32. The number of para-hydroxylation sites is 1. The molecular weight excluding hydrogens is 432 g/mol. The summed E-state index contributed by atoms with van der Waals surface area (Å²) < 4.78 is 10.1. The van der Waals surface area contributed by atoms with Gasteiger partial charge in [-0.05, 0) is 29.3 Å². The maximum atomic E-state index is 13.4. The highest BCUT2D eigenvalue weighted by molar-refractivity contribution is 6.03. The molecule has 34 heavy (non-hydrogen) atoms. The van der Waals surface area contributed by atoms with Gasteiger partial charge >= 0.3 is 12.1 Å². The van der Waals surface area contributed by atoms with Crippen molar-refractivity contribution in [1.29, 1.82) is 0 Å². The van der Waals surface area contributed by atoms with Crippen LogP contribution >= 0.6 is 0 Å². The topological polar surface area (TPSA) is 97.5 Å². The lowest BCUT2D eigenvalue weighted by Crippen LogP contribution is -2.42. The molecule has 3 aromatic carbocycles. The summed E-state index contributed by atoms with van der Waals surface area (Å²) in [7, 11) is 1.28. The van der Waals surface area contributed by atoms with Crippen molar-refractivity contribution in [3.8, 4) is 0 Å². The maximum Gasteiger partial charge on any atom is 0.408 e. The molecule has 0 saturated heterocycles. The van der Waals surface area contributed by atoms with Crippen LogP contribution in [0.3, 0.4) is 0 Å². The van der Waals surface area contributed by atoms with Crippen molar-refractivity contribution < 1.29 is 23.9 Å². The van der Waals surface area contributed by atoms with Gasteiger partial charge in [-0.3, -0.25) is 4.79 Å². The van der Waals surface area contributed by atoms with E-state index in [9.17, 15) is 14.4 Å². The molecule has 4 aromatic rings. The van der Waals surface area contributed by atoms with E-state index in [-0.39, 0.29) is 29.9 Å². The van der Waals surface area contributed by atoms with Crippen LogP contribution in [0.5, 0.6) is 0 Å². The number of esters is 1. The highest BCUT2D eigenvalue weighted by Crippen LogP contribution is 2.21. The second kappa shape index (κ2) is 10.5. The van der Waals surface area contributed by atoms with E-state index in [4.69, 9.17) is 9.47 Å². The number of Topliss-reactive ketones (excluding diaryl/α,β-unsaturated/α-hetero) is 1. The van der Waals surface area contributed by atoms with Crippen molar-refractivity contribution in [2.45, 2.75) is 19.1 Å². The average Bonchev–Trinajstić information content (AvgIpc) is 3.29. The van der Waals surface area contributed by atoms with E-state index in [1.165, 1.54) is 13.2 Å². The molecule has 7 nitrogen and oxygen atoms in total. The Balaban J connectivity index is 1.57. The van der Waals surface area contributed by atoms with Crippen LogP contribution in [0.2, 0.25) is 0 Å². The van der Waals surface area contributed by atoms with Gasteiger partial charge in [0.2, 0.25) is 0 Å². The number of aromatic nitrogens is 1. The summed E-state index contributed by atoms with van der Waals surface area (Å²) in [5.74, 6) is -0.884. The van der Waals surface area contributed by atoms with Gasteiger partial charge in [-0.25, -0.2) is 9.59 Å². The standard InChI is InChI=1S/C27H24N2O5/c1-33-26(31)20-11-7-10-19(14-20)25(30)24(15-21-16-28-23-13-6-5-12-22(21)23)29-27(32)34-17-18-8-3-2-4-9-18/h2-14,16,24,28H,15,17H2,1H3,(H,29,32). The summed E-state index contributed by atoms with van der Waals surface area (Å²) >= 11 is 0. The number of rotatable bonds is 8. The third-order valence-electron chi connectivity index (χ3n) is 5.49. The van der Waals surface area contributed by atoms with Crippen molar-refractivity contribution in [1.82, 2.24) is 10.3 Å². The fourth-order valence-electron chi connectivity index (χ4n) is 3.76. The van der Waals surface area contributed by atoms with E-state index in [2.05, 4.69) is 10.3 Å². The molecule has 2 N–H and O–H groups in total. The first-order chi connectivity index (χ1) is 16.5. The number of ether oxygens (including phenoxy) is 2. The monoisotopic (exact) mass is 456 g/mol. The number of methoxy groups -OCH3 is 1. The number of hydrogen-bond acceptors (Lipinski definition) is 5. The molecule has 0 aliphatic carbocycles. The summed E-state index contributed by atoms with van der Waals surface area (Å²) in [4.78, 5) is 41.2. The summed E-state index contributed by atoms with van der Waals surface area (Å²) in [5, 5.41) is 3.67. The van der Waals surface area contributed by atoms with E-state index in [0.717, 1.165) is 22.0 Å². The number of aromatic amines is 1. The molecule has 7 heteroatoms. The molecule has 0 bridgehead atoms. The number of carbonyl (C=O) groups is 3. The maximum absolute atomic E-state index is 13.4. The molecular formula is C27H24N2O5. The van der Waals surface area contributed by atoms with Crippen LogP contribution in [0.4, 0.5) is 4.79 Å². The first-order valence-electron chi connectivity index (χ1n) is 10.8. The lowest BCUT2D eigenvalue weighted by atomic mass is 9.96. The smallest absolute Gasteiger partial charge is 0.408 e. The van der Waals surface area contributed by atoms with E-state index >= 15 is 0 Å². The number of alkyl carbamates (subject to hydrolysis) is 1. The molecule has 0 radical (unpaired) electrons. The first-order valence-corrected chi connectivity index (χ1v) is 10.8. The van der Waals surface area contributed by atoms with Crippen LogP contribution in [0.1, 0.15) is 31.8 Å². The normalized spacial score (nSPS) is 11.6. The largest absolute Gasteiger partial charge is 0.465 e. The molecule has 1 aromatic heterocycles. The Labute approximate surface area is 196 Å². The zero-order chi connectivity index (χ0) is 23.9. The number of nitrogens with one attached hydrogen (secondary N) is 2. The van der Waals surface area contributed by atoms with Crippen LogP contribution in [0, 0.1) is 0 Å². The molecule has 1 heterocycles. The predicted molar refractivity (Wildman–Crippen MR) is 128 cm³/mol. The molecule has 0 aliphatic rings. The van der Waals surface area contributed by atoms with Gasteiger partial charge in [0.15, 0.2) is 5.78 Å². The van der Waals surface area contributed by atoms with Gasteiger partial charge in [0.1, 0.15) is 6.61 Å². The molecule has 1 atom stereocenters. The minimum atomic E-state index is -0.907. The van der Waals surface area contributed by atoms with Crippen LogP contribution < -0.4 is 5.32 Å². The highest BCUT2D eigenvalue weighted by atomic mass is 16.5. The highest BCUT2D eigenvalue weighted by Gasteiger charge is 2.25. The summed E-state index contributed by atoms with van der Waals surface area (Å²) in [6.45, 7) is 0.0818.